The monoisotopic (exact) mass is 140 g/mol. The standard InChI is InChI=1S/C9H16O/c1-3-4-5-6-7-9(2)8-10/h4-5,8-9H,3,6-7H2,1-2H3. The molecule has 10 heavy (non-hydrogen) atoms. The Balaban J connectivity index is 3.18. The van der Waals surface area contributed by atoms with E-state index in [4.69, 9.17) is 0 Å². The van der Waals surface area contributed by atoms with Crippen molar-refractivity contribution >= 4 is 6.29 Å². The zero-order valence-corrected chi connectivity index (χ0v) is 6.84. The van der Waals surface area contributed by atoms with E-state index in [0.717, 1.165) is 25.5 Å². The van der Waals surface area contributed by atoms with Gasteiger partial charge in [-0.15, -0.1) is 0 Å². The first-order chi connectivity index (χ1) is 4.81. The van der Waals surface area contributed by atoms with Crippen molar-refractivity contribution in [2.24, 2.45) is 5.92 Å². The zero-order valence-electron chi connectivity index (χ0n) is 6.84. The van der Waals surface area contributed by atoms with Crippen LogP contribution < -0.4 is 0 Å². The summed E-state index contributed by atoms with van der Waals surface area (Å²) in [6.45, 7) is 4.06. The minimum atomic E-state index is 0.224. The van der Waals surface area contributed by atoms with Crippen LogP contribution in [0.1, 0.15) is 33.1 Å². The predicted octanol–water partition coefficient (Wildman–Crippen LogP) is 2.57. The molecule has 1 atom stereocenters. The van der Waals surface area contributed by atoms with Gasteiger partial charge in [-0.3, -0.25) is 0 Å². The lowest BCUT2D eigenvalue weighted by Gasteiger charge is -1.96. The van der Waals surface area contributed by atoms with Crippen LogP contribution in [0, 0.1) is 5.92 Å². The smallest absolute Gasteiger partial charge is 0.122 e. The predicted molar refractivity (Wildman–Crippen MR) is 43.9 cm³/mol. The molecule has 0 heterocycles. The molecule has 0 saturated carbocycles. The molecule has 1 unspecified atom stereocenters. The maximum Gasteiger partial charge on any atom is 0.122 e. The van der Waals surface area contributed by atoms with Gasteiger partial charge in [0.25, 0.3) is 0 Å². The third kappa shape index (κ3) is 5.54. The van der Waals surface area contributed by atoms with E-state index in [1.54, 1.807) is 0 Å². The van der Waals surface area contributed by atoms with Gasteiger partial charge in [0.1, 0.15) is 6.29 Å². The molecule has 0 aromatic heterocycles. The second kappa shape index (κ2) is 6.53. The lowest BCUT2D eigenvalue weighted by molar-refractivity contribution is -0.110. The van der Waals surface area contributed by atoms with Crippen LogP contribution in [0.25, 0.3) is 0 Å². The molecule has 0 radical (unpaired) electrons. The second-order valence-electron chi connectivity index (χ2n) is 2.57. The fraction of sp³-hybridized carbons (Fsp3) is 0.667. The molecule has 0 fully saturated rings. The highest BCUT2D eigenvalue weighted by Crippen LogP contribution is 2.02. The van der Waals surface area contributed by atoms with Gasteiger partial charge in [0.05, 0.1) is 0 Å². The van der Waals surface area contributed by atoms with E-state index >= 15 is 0 Å². The fourth-order valence-electron chi connectivity index (χ4n) is 0.712. The highest BCUT2D eigenvalue weighted by atomic mass is 16.1. The van der Waals surface area contributed by atoms with Gasteiger partial charge in [0.15, 0.2) is 0 Å². The number of rotatable bonds is 5. The molecule has 0 rings (SSSR count). The molecule has 0 spiro atoms. The maximum absolute atomic E-state index is 10.1. The van der Waals surface area contributed by atoms with Crippen LogP contribution in [0.2, 0.25) is 0 Å². The summed E-state index contributed by atoms with van der Waals surface area (Å²) in [6, 6.07) is 0. The Morgan fingerprint density at radius 1 is 1.40 bits per heavy atom. The summed E-state index contributed by atoms with van der Waals surface area (Å²) >= 11 is 0. The molecule has 58 valence electrons. The van der Waals surface area contributed by atoms with E-state index in [-0.39, 0.29) is 5.92 Å². The maximum atomic E-state index is 10.1. The molecule has 1 heteroatoms. The molecule has 0 N–H and O–H groups in total. The van der Waals surface area contributed by atoms with Crippen molar-refractivity contribution in [3.05, 3.63) is 12.2 Å². The molecular weight excluding hydrogens is 124 g/mol. The lowest BCUT2D eigenvalue weighted by atomic mass is 10.1. The van der Waals surface area contributed by atoms with Crippen LogP contribution >= 0.6 is 0 Å². The summed E-state index contributed by atoms with van der Waals surface area (Å²) in [6.07, 6.45) is 8.40. The van der Waals surface area contributed by atoms with Crippen molar-refractivity contribution in [2.75, 3.05) is 0 Å². The largest absolute Gasteiger partial charge is 0.303 e. The molecule has 0 aromatic rings. The lowest BCUT2D eigenvalue weighted by Crippen LogP contribution is -1.93. The van der Waals surface area contributed by atoms with Crippen molar-refractivity contribution in [2.45, 2.75) is 33.1 Å². The summed E-state index contributed by atoms with van der Waals surface area (Å²) < 4.78 is 0. The first-order valence-corrected chi connectivity index (χ1v) is 3.91. The summed E-state index contributed by atoms with van der Waals surface area (Å²) in [5.74, 6) is 0.224. The van der Waals surface area contributed by atoms with Crippen LogP contribution in [-0.4, -0.2) is 6.29 Å². The number of hydrogen-bond acceptors (Lipinski definition) is 1. The van der Waals surface area contributed by atoms with E-state index in [0.29, 0.717) is 0 Å². The van der Waals surface area contributed by atoms with Gasteiger partial charge in [-0.2, -0.15) is 0 Å². The summed E-state index contributed by atoms with van der Waals surface area (Å²) in [5.41, 5.74) is 0. The first kappa shape index (κ1) is 9.41. The molecule has 0 aliphatic heterocycles. The Bertz CT molecular complexity index is 105. The average molecular weight is 140 g/mol. The minimum absolute atomic E-state index is 0.224. The first-order valence-electron chi connectivity index (χ1n) is 3.91. The van der Waals surface area contributed by atoms with Crippen LogP contribution in [0.5, 0.6) is 0 Å². The van der Waals surface area contributed by atoms with E-state index in [9.17, 15) is 4.79 Å². The highest BCUT2D eigenvalue weighted by molar-refractivity contribution is 5.52. The Labute approximate surface area is 63.1 Å². The molecule has 0 saturated heterocycles. The molecular formula is C9H16O. The summed E-state index contributed by atoms with van der Waals surface area (Å²) in [5, 5.41) is 0. The van der Waals surface area contributed by atoms with E-state index in [2.05, 4.69) is 19.1 Å². The van der Waals surface area contributed by atoms with Crippen molar-refractivity contribution in [1.82, 2.24) is 0 Å². The van der Waals surface area contributed by atoms with Crippen LogP contribution in [0.4, 0.5) is 0 Å². The van der Waals surface area contributed by atoms with Gasteiger partial charge < -0.3 is 4.79 Å². The fourth-order valence-corrected chi connectivity index (χ4v) is 0.712. The van der Waals surface area contributed by atoms with E-state index in [1.807, 2.05) is 6.92 Å². The molecule has 0 bridgehead atoms. The van der Waals surface area contributed by atoms with Gasteiger partial charge in [-0.25, -0.2) is 0 Å². The zero-order chi connectivity index (χ0) is 7.82. The Kier molecular flexibility index (Phi) is 6.14. The number of allylic oxidation sites excluding steroid dienone is 2. The SMILES string of the molecule is CCC=CCCC(C)C=O. The minimum Gasteiger partial charge on any atom is -0.303 e. The highest BCUT2D eigenvalue weighted by Gasteiger charge is 1.94. The van der Waals surface area contributed by atoms with Crippen molar-refractivity contribution in [3.8, 4) is 0 Å². The molecule has 0 aliphatic rings. The van der Waals surface area contributed by atoms with Crippen LogP contribution in [0.3, 0.4) is 0 Å². The van der Waals surface area contributed by atoms with Gasteiger partial charge in [0.2, 0.25) is 0 Å². The second-order valence-corrected chi connectivity index (χ2v) is 2.57. The normalized spacial score (nSPS) is 13.8. The number of carbonyl (C=O) groups is 1. The molecule has 0 amide bonds. The molecule has 0 aliphatic carbocycles. The summed E-state index contributed by atoms with van der Waals surface area (Å²) in [4.78, 5) is 10.1. The van der Waals surface area contributed by atoms with Crippen LogP contribution in [-0.2, 0) is 4.79 Å². The average Bonchev–Trinajstić information content (AvgIpc) is 1.98. The van der Waals surface area contributed by atoms with Gasteiger partial charge in [-0.05, 0) is 19.3 Å². The number of aldehydes is 1. The quantitative estimate of drug-likeness (QED) is 0.423. The van der Waals surface area contributed by atoms with E-state index < -0.39 is 0 Å². The summed E-state index contributed by atoms with van der Waals surface area (Å²) in [7, 11) is 0. The number of carbonyl (C=O) groups excluding carboxylic acids is 1. The van der Waals surface area contributed by atoms with Gasteiger partial charge in [-0.1, -0.05) is 26.0 Å². The van der Waals surface area contributed by atoms with Crippen molar-refractivity contribution in [3.63, 3.8) is 0 Å². The topological polar surface area (TPSA) is 17.1 Å². The Morgan fingerprint density at radius 2 is 2.10 bits per heavy atom. The molecule has 0 aromatic carbocycles. The third-order valence-corrected chi connectivity index (χ3v) is 1.42. The molecule has 1 nitrogen and oxygen atoms in total. The Morgan fingerprint density at radius 3 is 2.60 bits per heavy atom. The Hall–Kier alpha value is -0.590. The van der Waals surface area contributed by atoms with Gasteiger partial charge >= 0.3 is 0 Å². The van der Waals surface area contributed by atoms with Gasteiger partial charge in [0, 0.05) is 5.92 Å². The third-order valence-electron chi connectivity index (χ3n) is 1.42. The number of hydrogen-bond donors (Lipinski definition) is 0. The van der Waals surface area contributed by atoms with Crippen molar-refractivity contribution in [1.29, 1.82) is 0 Å². The van der Waals surface area contributed by atoms with E-state index in [1.165, 1.54) is 0 Å². The van der Waals surface area contributed by atoms with Crippen LogP contribution in [0.15, 0.2) is 12.2 Å². The van der Waals surface area contributed by atoms with Crippen molar-refractivity contribution < 1.29 is 4.79 Å².